The first-order valence-electron chi connectivity index (χ1n) is 27.3. The number of unbranched alkanes of at least 4 members (excludes halogenated alkanes) is 35. The predicted octanol–water partition coefficient (Wildman–Crippen LogP) is 16.5. The van der Waals surface area contributed by atoms with Crippen LogP contribution >= 0.6 is 0 Å². The topological polar surface area (TPSA) is 95.9 Å². The molecule has 0 rings (SSSR count). The molecule has 0 aliphatic rings. The van der Waals surface area contributed by atoms with Crippen molar-refractivity contribution in [3.05, 3.63) is 36.5 Å². The van der Waals surface area contributed by atoms with Crippen LogP contribution in [0, 0.1) is 0 Å². The maximum absolute atomic E-state index is 12.4. The number of allylic oxidation sites excluding steroid dienone is 5. The van der Waals surface area contributed by atoms with Gasteiger partial charge in [0.15, 0.2) is 0 Å². The third kappa shape index (κ3) is 47.6. The van der Waals surface area contributed by atoms with E-state index >= 15 is 0 Å². The third-order valence-electron chi connectivity index (χ3n) is 12.4. The Labute approximate surface area is 385 Å². The van der Waals surface area contributed by atoms with Gasteiger partial charge in [-0.2, -0.15) is 0 Å². The highest BCUT2D eigenvalue weighted by Crippen LogP contribution is 2.16. The number of nitrogens with one attached hydrogen (secondary N) is 1. The summed E-state index contributed by atoms with van der Waals surface area (Å²) in [4.78, 5) is 24.4. The molecular formula is C56H105NO5. The maximum Gasteiger partial charge on any atom is 0.305 e. The van der Waals surface area contributed by atoms with Crippen molar-refractivity contribution < 1.29 is 24.5 Å². The Bertz CT molecular complexity index is 1010. The summed E-state index contributed by atoms with van der Waals surface area (Å²) in [7, 11) is 0. The molecule has 0 spiro atoms. The number of aliphatic hydroxyl groups is 2. The van der Waals surface area contributed by atoms with E-state index < -0.39 is 12.1 Å². The van der Waals surface area contributed by atoms with Gasteiger partial charge in [0, 0.05) is 12.8 Å². The first-order chi connectivity index (χ1) is 30.5. The standard InChI is InChI=1S/C56H105NO5/c1-3-5-7-9-11-13-15-17-18-19-20-21-22-23-24-25-26-27-28-29-32-36-40-44-48-54(59)53(52-58)57-55(60)49-45-41-37-33-31-35-39-43-47-51-62-56(61)50-46-42-38-34-30-16-14-12-10-8-6-4-2/h12,14,33,37,44,48,53-54,58-59H,3-11,13,15-32,34-36,38-43,45-47,49-52H2,1-2H3,(H,57,60)/b14-12-,37-33-,48-44+. The van der Waals surface area contributed by atoms with Crippen LogP contribution in [-0.2, 0) is 14.3 Å². The Kier molecular flexibility index (Phi) is 50.1. The van der Waals surface area contributed by atoms with Gasteiger partial charge in [0.2, 0.25) is 5.91 Å². The molecule has 2 atom stereocenters. The molecular weight excluding hydrogens is 767 g/mol. The lowest BCUT2D eigenvalue weighted by Gasteiger charge is -2.19. The van der Waals surface area contributed by atoms with Gasteiger partial charge in [0.25, 0.3) is 0 Å². The maximum atomic E-state index is 12.4. The van der Waals surface area contributed by atoms with Crippen LogP contribution in [0.4, 0.5) is 0 Å². The molecule has 0 heterocycles. The average molecular weight is 872 g/mol. The van der Waals surface area contributed by atoms with Crippen molar-refractivity contribution in [2.75, 3.05) is 13.2 Å². The van der Waals surface area contributed by atoms with Crippen molar-refractivity contribution in [2.24, 2.45) is 0 Å². The zero-order valence-corrected chi connectivity index (χ0v) is 41.4. The Balaban J connectivity index is 3.57. The second kappa shape index (κ2) is 51.7. The fraction of sp³-hybridized carbons (Fsp3) is 0.857. The number of carbonyl (C=O) groups is 2. The van der Waals surface area contributed by atoms with Gasteiger partial charge in [0.1, 0.15) is 0 Å². The van der Waals surface area contributed by atoms with Gasteiger partial charge in [-0.25, -0.2) is 0 Å². The fourth-order valence-electron chi connectivity index (χ4n) is 8.16. The number of amides is 1. The van der Waals surface area contributed by atoms with Gasteiger partial charge in [-0.1, -0.05) is 230 Å². The van der Waals surface area contributed by atoms with Gasteiger partial charge >= 0.3 is 5.97 Å². The normalized spacial score (nSPS) is 12.9. The molecule has 1 amide bonds. The van der Waals surface area contributed by atoms with E-state index in [0.717, 1.165) is 70.6 Å². The number of hydrogen-bond acceptors (Lipinski definition) is 5. The molecule has 0 bridgehead atoms. The van der Waals surface area contributed by atoms with Gasteiger partial charge in [0.05, 0.1) is 25.4 Å². The first-order valence-corrected chi connectivity index (χ1v) is 27.3. The van der Waals surface area contributed by atoms with E-state index in [-0.39, 0.29) is 18.5 Å². The lowest BCUT2D eigenvalue weighted by atomic mass is 10.0. The summed E-state index contributed by atoms with van der Waals surface area (Å²) in [6.07, 6.45) is 63.1. The number of rotatable bonds is 50. The Morgan fingerprint density at radius 2 is 0.774 bits per heavy atom. The Morgan fingerprint density at radius 1 is 0.435 bits per heavy atom. The van der Waals surface area contributed by atoms with E-state index in [9.17, 15) is 19.8 Å². The van der Waals surface area contributed by atoms with Crippen molar-refractivity contribution in [2.45, 2.75) is 296 Å². The second-order valence-electron chi connectivity index (χ2n) is 18.5. The van der Waals surface area contributed by atoms with Crippen molar-refractivity contribution in [3.63, 3.8) is 0 Å². The smallest absolute Gasteiger partial charge is 0.305 e. The zero-order chi connectivity index (χ0) is 45.1. The van der Waals surface area contributed by atoms with Gasteiger partial charge in [-0.3, -0.25) is 9.59 Å². The number of ether oxygens (including phenoxy) is 1. The van der Waals surface area contributed by atoms with Crippen LogP contribution < -0.4 is 5.32 Å². The Hall–Kier alpha value is -1.92. The van der Waals surface area contributed by atoms with Crippen LogP contribution in [0.2, 0.25) is 0 Å². The lowest BCUT2D eigenvalue weighted by molar-refractivity contribution is -0.143. The van der Waals surface area contributed by atoms with Gasteiger partial charge in [-0.15, -0.1) is 0 Å². The van der Waals surface area contributed by atoms with Crippen molar-refractivity contribution >= 4 is 11.9 Å². The molecule has 62 heavy (non-hydrogen) atoms. The minimum Gasteiger partial charge on any atom is -0.466 e. The van der Waals surface area contributed by atoms with Crippen molar-refractivity contribution in [3.8, 4) is 0 Å². The van der Waals surface area contributed by atoms with Crippen molar-refractivity contribution in [1.29, 1.82) is 0 Å². The SMILES string of the molecule is CCCCC/C=C\CCCCCCCC(=O)OCCCCCC/C=C\CCCC(=O)NC(CO)C(O)/C=C/CCCCCCCCCCCCCCCCCCCCCCCC. The summed E-state index contributed by atoms with van der Waals surface area (Å²) < 4.78 is 5.42. The number of carbonyl (C=O) groups excluding carboxylic acids is 2. The average Bonchev–Trinajstić information content (AvgIpc) is 3.27. The van der Waals surface area contributed by atoms with Gasteiger partial charge < -0.3 is 20.3 Å². The zero-order valence-electron chi connectivity index (χ0n) is 41.4. The molecule has 0 aromatic heterocycles. The van der Waals surface area contributed by atoms with Crippen LogP contribution in [0.25, 0.3) is 0 Å². The quantitative estimate of drug-likeness (QED) is 0.0321. The summed E-state index contributed by atoms with van der Waals surface area (Å²) >= 11 is 0. The summed E-state index contributed by atoms with van der Waals surface area (Å²) in [6, 6.07) is -0.667. The van der Waals surface area contributed by atoms with E-state index in [0.29, 0.717) is 19.4 Å². The predicted molar refractivity (Wildman–Crippen MR) is 269 cm³/mol. The second-order valence-corrected chi connectivity index (χ2v) is 18.5. The number of esters is 1. The molecule has 0 fully saturated rings. The molecule has 364 valence electrons. The summed E-state index contributed by atoms with van der Waals surface area (Å²) in [5.74, 6) is -0.176. The summed E-state index contributed by atoms with van der Waals surface area (Å²) in [5, 5.41) is 23.1. The molecule has 2 unspecified atom stereocenters. The van der Waals surface area contributed by atoms with E-state index in [1.165, 1.54) is 186 Å². The number of aliphatic hydroxyl groups excluding tert-OH is 2. The molecule has 0 aliphatic carbocycles. The first kappa shape index (κ1) is 60.1. The Morgan fingerprint density at radius 3 is 1.21 bits per heavy atom. The minimum atomic E-state index is -0.877. The molecule has 0 saturated heterocycles. The van der Waals surface area contributed by atoms with Crippen LogP contribution in [0.5, 0.6) is 0 Å². The van der Waals surface area contributed by atoms with E-state index in [1.54, 1.807) is 6.08 Å². The molecule has 3 N–H and O–H groups in total. The van der Waals surface area contributed by atoms with Crippen LogP contribution in [0.15, 0.2) is 36.5 Å². The highest BCUT2D eigenvalue weighted by molar-refractivity contribution is 5.76. The molecule has 0 saturated carbocycles. The molecule has 0 radical (unpaired) electrons. The van der Waals surface area contributed by atoms with E-state index in [1.807, 2.05) is 6.08 Å². The lowest BCUT2D eigenvalue weighted by Crippen LogP contribution is -2.45. The largest absolute Gasteiger partial charge is 0.466 e. The van der Waals surface area contributed by atoms with E-state index in [2.05, 4.69) is 43.5 Å². The third-order valence-corrected chi connectivity index (χ3v) is 12.4. The van der Waals surface area contributed by atoms with Gasteiger partial charge in [-0.05, 0) is 77.0 Å². The summed E-state index contributed by atoms with van der Waals surface area (Å²) in [6.45, 7) is 4.79. The monoisotopic (exact) mass is 872 g/mol. The molecule has 0 aliphatic heterocycles. The van der Waals surface area contributed by atoms with Crippen LogP contribution in [0.3, 0.4) is 0 Å². The van der Waals surface area contributed by atoms with Crippen LogP contribution in [0.1, 0.15) is 284 Å². The van der Waals surface area contributed by atoms with Crippen molar-refractivity contribution in [1.82, 2.24) is 5.32 Å². The molecule has 0 aromatic rings. The highest BCUT2D eigenvalue weighted by Gasteiger charge is 2.17. The number of hydrogen-bond donors (Lipinski definition) is 3. The highest BCUT2D eigenvalue weighted by atomic mass is 16.5. The van der Waals surface area contributed by atoms with Crippen LogP contribution in [-0.4, -0.2) is 47.4 Å². The minimum absolute atomic E-state index is 0.0480. The molecule has 6 nitrogen and oxygen atoms in total. The summed E-state index contributed by atoms with van der Waals surface area (Å²) in [5.41, 5.74) is 0. The fourth-order valence-corrected chi connectivity index (χ4v) is 8.16. The molecule has 6 heteroatoms. The molecule has 0 aromatic carbocycles. The van der Waals surface area contributed by atoms with E-state index in [4.69, 9.17) is 4.74 Å².